The van der Waals surface area contributed by atoms with Crippen molar-refractivity contribution in [2.24, 2.45) is 4.74 Å². The molecule has 0 unspecified atom stereocenters. The fourth-order valence-electron chi connectivity index (χ4n) is 4.80. The van der Waals surface area contributed by atoms with Crippen molar-refractivity contribution in [3.63, 3.8) is 0 Å². The fourth-order valence-corrected chi connectivity index (χ4v) is 8.14. The summed E-state index contributed by atoms with van der Waals surface area (Å²) in [6, 6.07) is 32.0. The van der Waals surface area contributed by atoms with E-state index >= 15 is 0 Å². The quantitative estimate of drug-likeness (QED) is 0.197. The Hall–Kier alpha value is -2.81. The Bertz CT molecular complexity index is 1590. The van der Waals surface area contributed by atoms with Crippen molar-refractivity contribution in [3.05, 3.63) is 101 Å². The summed E-state index contributed by atoms with van der Waals surface area (Å²) < 4.78 is 15.9. The molecule has 3 nitrogen and oxygen atoms in total. The number of halogens is 1. The van der Waals surface area contributed by atoms with E-state index < -0.39 is 7.28 Å². The van der Waals surface area contributed by atoms with Gasteiger partial charge in [-0.25, -0.2) is 4.74 Å². The molecule has 0 spiro atoms. The second kappa shape index (κ2) is 9.57. The maximum atomic E-state index is 7.05. The first-order valence-electron chi connectivity index (χ1n) is 12.4. The number of rotatable bonds is 5. The number of fused-ring (bicyclic) bond motifs is 3. The third-order valence-electron chi connectivity index (χ3n) is 6.67. The maximum Gasteiger partial charge on any atom is 0.173 e. The Labute approximate surface area is 222 Å². The molecule has 0 saturated carbocycles. The molecule has 1 heterocycles. The lowest BCUT2D eigenvalue weighted by Gasteiger charge is -2.37. The standard InChI is InChI=1S/C31H32BrN2OP/c1-6-34-29-10-8-7-9-27(29)28-21-26(19-20-30(28)34)36(31(3,4)5,33-24-15-11-22(2)12-16-24)35-25-17-13-23(32)14-18-25/h7-21H,6H2,1-5H3/t36-/m1/s1. The van der Waals surface area contributed by atoms with Crippen LogP contribution in [-0.2, 0) is 6.54 Å². The molecule has 5 aromatic rings. The highest BCUT2D eigenvalue weighted by molar-refractivity contribution is 9.10. The summed E-state index contributed by atoms with van der Waals surface area (Å²) in [6.45, 7) is 12.0. The summed E-state index contributed by atoms with van der Waals surface area (Å²) in [5.74, 6) is 0.827. The van der Waals surface area contributed by atoms with Crippen LogP contribution in [0.1, 0.15) is 33.3 Å². The molecule has 0 aliphatic carbocycles. The minimum absolute atomic E-state index is 0.248. The summed E-state index contributed by atoms with van der Waals surface area (Å²) >= 11 is 3.56. The molecule has 184 valence electrons. The van der Waals surface area contributed by atoms with Crippen LogP contribution in [0.5, 0.6) is 5.75 Å². The van der Waals surface area contributed by atoms with Gasteiger partial charge in [-0.3, -0.25) is 0 Å². The molecule has 0 amide bonds. The molecule has 36 heavy (non-hydrogen) atoms. The summed E-state index contributed by atoms with van der Waals surface area (Å²) in [4.78, 5) is 0. The number of nitrogens with zero attached hydrogens (tertiary/aromatic N) is 2. The minimum Gasteiger partial charge on any atom is -0.455 e. The van der Waals surface area contributed by atoms with Crippen LogP contribution in [0.2, 0.25) is 0 Å². The van der Waals surface area contributed by atoms with Gasteiger partial charge in [-0.1, -0.05) is 72.6 Å². The Morgan fingerprint density at radius 1 is 0.833 bits per heavy atom. The SMILES string of the molecule is CCn1c2ccccc2c2cc([P@@](=Nc3ccc(C)cc3)(Oc3ccc(Br)cc3)C(C)(C)C)ccc21. The first kappa shape index (κ1) is 24.9. The summed E-state index contributed by atoms with van der Waals surface area (Å²) in [5, 5.41) is 3.41. The van der Waals surface area contributed by atoms with E-state index in [4.69, 9.17) is 9.27 Å². The minimum atomic E-state index is -2.59. The summed E-state index contributed by atoms with van der Waals surface area (Å²) in [7, 11) is -2.59. The predicted octanol–water partition coefficient (Wildman–Crippen LogP) is 9.84. The van der Waals surface area contributed by atoms with Crippen LogP contribution < -0.4 is 9.83 Å². The monoisotopic (exact) mass is 558 g/mol. The largest absolute Gasteiger partial charge is 0.455 e. The second-order valence-electron chi connectivity index (χ2n) is 10.2. The molecule has 0 saturated heterocycles. The second-order valence-corrected chi connectivity index (χ2v) is 14.5. The van der Waals surface area contributed by atoms with E-state index in [1.165, 1.54) is 27.4 Å². The molecule has 0 aliphatic heterocycles. The highest BCUT2D eigenvalue weighted by atomic mass is 79.9. The van der Waals surface area contributed by atoms with Crippen molar-refractivity contribution in [2.75, 3.05) is 0 Å². The van der Waals surface area contributed by atoms with Gasteiger partial charge in [0.1, 0.15) is 5.75 Å². The van der Waals surface area contributed by atoms with Crippen LogP contribution in [0, 0.1) is 6.92 Å². The molecular formula is C31H32BrN2OP. The average Bonchev–Trinajstić information content (AvgIpc) is 3.18. The number of aryl methyl sites for hydroxylation is 2. The molecular weight excluding hydrogens is 527 g/mol. The summed E-state index contributed by atoms with van der Waals surface area (Å²) in [5.41, 5.74) is 4.66. The third kappa shape index (κ3) is 4.42. The van der Waals surface area contributed by atoms with Gasteiger partial charge >= 0.3 is 0 Å². The number of benzene rings is 4. The lowest BCUT2D eigenvalue weighted by atomic mass is 10.1. The van der Waals surface area contributed by atoms with E-state index in [9.17, 15) is 0 Å². The number of hydrogen-bond donors (Lipinski definition) is 0. The van der Waals surface area contributed by atoms with Crippen LogP contribution in [0.4, 0.5) is 5.69 Å². The Balaban J connectivity index is 1.83. The van der Waals surface area contributed by atoms with Crippen molar-refractivity contribution < 1.29 is 4.52 Å². The van der Waals surface area contributed by atoms with Gasteiger partial charge in [0.15, 0.2) is 7.28 Å². The molecule has 0 bridgehead atoms. The van der Waals surface area contributed by atoms with Gasteiger partial charge < -0.3 is 9.09 Å². The highest BCUT2D eigenvalue weighted by Gasteiger charge is 2.39. The van der Waals surface area contributed by atoms with Gasteiger partial charge in [0.2, 0.25) is 0 Å². The molecule has 1 aromatic heterocycles. The van der Waals surface area contributed by atoms with Crippen molar-refractivity contribution in [2.45, 2.75) is 46.3 Å². The number of aromatic nitrogens is 1. The van der Waals surface area contributed by atoms with E-state index in [1.54, 1.807) is 0 Å². The normalized spacial score (nSPS) is 13.6. The van der Waals surface area contributed by atoms with E-state index in [0.29, 0.717) is 0 Å². The molecule has 0 aliphatic rings. The molecule has 1 atom stereocenters. The van der Waals surface area contributed by atoms with E-state index in [2.05, 4.69) is 122 Å². The topological polar surface area (TPSA) is 26.5 Å². The van der Waals surface area contributed by atoms with Gasteiger partial charge in [-0.05, 0) is 74.5 Å². The first-order valence-corrected chi connectivity index (χ1v) is 14.8. The zero-order valence-electron chi connectivity index (χ0n) is 21.5. The lowest BCUT2D eigenvalue weighted by molar-refractivity contribution is 0.571. The zero-order valence-corrected chi connectivity index (χ0v) is 24.0. The Morgan fingerprint density at radius 3 is 2.17 bits per heavy atom. The van der Waals surface area contributed by atoms with Crippen LogP contribution in [0.15, 0.2) is 100 Å². The lowest BCUT2D eigenvalue weighted by Crippen LogP contribution is -2.27. The van der Waals surface area contributed by atoms with E-state index in [0.717, 1.165) is 27.8 Å². The van der Waals surface area contributed by atoms with Crippen molar-refractivity contribution in [3.8, 4) is 5.75 Å². The Morgan fingerprint density at radius 2 is 1.50 bits per heavy atom. The Kier molecular flexibility index (Phi) is 6.61. The molecule has 5 heteroatoms. The molecule has 4 aromatic carbocycles. The molecule has 0 N–H and O–H groups in total. The van der Waals surface area contributed by atoms with Gasteiger partial charge in [-0.2, -0.15) is 0 Å². The predicted molar refractivity (Wildman–Crippen MR) is 159 cm³/mol. The van der Waals surface area contributed by atoms with Crippen LogP contribution in [0.25, 0.3) is 21.8 Å². The van der Waals surface area contributed by atoms with Crippen LogP contribution >= 0.6 is 23.2 Å². The zero-order chi connectivity index (χ0) is 25.5. The summed E-state index contributed by atoms with van der Waals surface area (Å²) in [6.07, 6.45) is 0. The third-order valence-corrected chi connectivity index (χ3v) is 11.0. The van der Waals surface area contributed by atoms with Gasteiger partial charge in [0, 0.05) is 43.3 Å². The van der Waals surface area contributed by atoms with Crippen LogP contribution in [0.3, 0.4) is 0 Å². The van der Waals surface area contributed by atoms with Gasteiger partial charge in [0.25, 0.3) is 0 Å². The number of hydrogen-bond acceptors (Lipinski definition) is 2. The van der Waals surface area contributed by atoms with E-state index in [-0.39, 0.29) is 5.16 Å². The fraction of sp³-hybridized carbons (Fsp3) is 0.226. The average molecular weight is 559 g/mol. The molecule has 5 rings (SSSR count). The highest BCUT2D eigenvalue weighted by Crippen LogP contribution is 2.62. The first-order chi connectivity index (χ1) is 17.2. The van der Waals surface area contributed by atoms with Crippen molar-refractivity contribution >= 4 is 56.0 Å². The smallest absolute Gasteiger partial charge is 0.173 e. The van der Waals surface area contributed by atoms with Crippen molar-refractivity contribution in [1.29, 1.82) is 0 Å². The van der Waals surface area contributed by atoms with Crippen molar-refractivity contribution in [1.82, 2.24) is 4.57 Å². The van der Waals surface area contributed by atoms with Gasteiger partial charge in [0.05, 0.1) is 5.69 Å². The maximum absolute atomic E-state index is 7.05. The number of para-hydroxylation sites is 1. The van der Waals surface area contributed by atoms with Crippen LogP contribution in [-0.4, -0.2) is 9.72 Å². The van der Waals surface area contributed by atoms with E-state index in [1.807, 2.05) is 24.3 Å². The molecule has 0 fully saturated rings. The molecule has 0 radical (unpaired) electrons. The van der Waals surface area contributed by atoms with Gasteiger partial charge in [-0.15, -0.1) is 0 Å².